The van der Waals surface area contributed by atoms with Crippen LogP contribution < -0.4 is 5.30 Å². The minimum Gasteiger partial charge on any atom is -0.496 e. The molecule has 3 aliphatic rings. The Balaban J connectivity index is 1.95. The zero-order chi connectivity index (χ0) is 23.6. The van der Waals surface area contributed by atoms with Gasteiger partial charge in [-0.05, 0) is 65.6 Å². The maximum Gasteiger partial charge on any atom is 0.300 e. The molecule has 2 fully saturated rings. The van der Waals surface area contributed by atoms with Crippen LogP contribution in [-0.2, 0) is 19.6 Å². The molecule has 0 heterocycles. The van der Waals surface area contributed by atoms with E-state index in [0.717, 1.165) is 23.7 Å². The van der Waals surface area contributed by atoms with Crippen molar-refractivity contribution in [2.24, 2.45) is 0 Å². The fraction of sp³-hybridized carbons (Fsp3) is 0.615. The van der Waals surface area contributed by atoms with E-state index >= 15 is 0 Å². The van der Waals surface area contributed by atoms with Gasteiger partial charge in [-0.2, -0.15) is 8.42 Å². The molecule has 0 amide bonds. The summed E-state index contributed by atoms with van der Waals surface area (Å²) in [5.41, 5.74) is 3.94. The Bertz CT molecular complexity index is 1030. The van der Waals surface area contributed by atoms with E-state index in [9.17, 15) is 13.0 Å². The fourth-order valence-electron chi connectivity index (χ4n) is 6.21. The number of hydrogen-bond donors (Lipinski definition) is 1. The third-order valence-corrected chi connectivity index (χ3v) is 9.89. The van der Waals surface area contributed by atoms with Gasteiger partial charge < -0.3 is 9.47 Å². The topological polar surface area (TPSA) is 72.8 Å². The number of methoxy groups -OCH3 is 2. The van der Waals surface area contributed by atoms with E-state index in [1.807, 2.05) is 6.07 Å². The van der Waals surface area contributed by atoms with E-state index < -0.39 is 15.1 Å². The van der Waals surface area contributed by atoms with Crippen LogP contribution in [0.5, 0.6) is 0 Å². The van der Waals surface area contributed by atoms with Crippen molar-refractivity contribution >= 4 is 30.2 Å². The van der Waals surface area contributed by atoms with Gasteiger partial charge in [0.05, 0.1) is 12.7 Å². The van der Waals surface area contributed by atoms with Crippen LogP contribution in [0.25, 0.3) is 5.57 Å². The Labute approximate surface area is 201 Å². The van der Waals surface area contributed by atoms with E-state index in [2.05, 4.69) is 15.3 Å². The highest BCUT2D eigenvalue weighted by molar-refractivity contribution is 7.87. The molecule has 4 rings (SSSR count). The summed E-state index contributed by atoms with van der Waals surface area (Å²) in [6.07, 6.45) is 15.8. The number of benzene rings is 1. The average molecular weight is 493 g/mol. The molecule has 0 saturated heterocycles. The van der Waals surface area contributed by atoms with E-state index in [1.54, 1.807) is 12.2 Å². The third kappa shape index (κ3) is 4.57. The van der Waals surface area contributed by atoms with Crippen LogP contribution in [0.4, 0.5) is 0 Å². The summed E-state index contributed by atoms with van der Waals surface area (Å²) in [5.74, 6) is 1.43. The standard InChI is InChI=1S/C26H37O5PS/c1-30-22-14-9-17-26(31-2,33(27,28)29)24(22)21-16-15-20(18-10-5-3-6-11-18)23(25(21)32)19-12-7-4-8-13-19/h9,14-16,18-19H,3-8,10-13,17,32H2,1-2H3,(H,27,28,29). The lowest BCUT2D eigenvalue weighted by molar-refractivity contribution is 0.0987. The van der Waals surface area contributed by atoms with Crippen LogP contribution in [0, 0.1) is 0 Å². The summed E-state index contributed by atoms with van der Waals surface area (Å²) in [6.45, 7) is 0. The first-order valence-corrected chi connectivity index (χ1v) is 14.3. The molecule has 0 spiro atoms. The molecule has 0 bridgehead atoms. The summed E-state index contributed by atoms with van der Waals surface area (Å²) in [6, 6.07) is 4.23. The smallest absolute Gasteiger partial charge is 0.300 e. The molecule has 1 N–H and O–H groups in total. The fourth-order valence-corrected chi connectivity index (χ4v) is 7.84. The van der Waals surface area contributed by atoms with E-state index in [0.29, 0.717) is 23.2 Å². The lowest BCUT2D eigenvalue weighted by Crippen LogP contribution is -2.44. The second-order valence-corrected chi connectivity index (χ2v) is 11.9. The Morgan fingerprint density at radius 2 is 1.58 bits per heavy atom. The van der Waals surface area contributed by atoms with E-state index in [-0.39, 0.29) is 6.42 Å². The van der Waals surface area contributed by atoms with Crippen molar-refractivity contribution in [3.05, 3.63) is 46.7 Å². The van der Waals surface area contributed by atoms with Crippen molar-refractivity contribution in [2.75, 3.05) is 14.2 Å². The summed E-state index contributed by atoms with van der Waals surface area (Å²) in [4.78, 5) is -1.89. The van der Waals surface area contributed by atoms with Crippen molar-refractivity contribution in [3.8, 4) is 0 Å². The monoisotopic (exact) mass is 492 g/mol. The van der Waals surface area contributed by atoms with Crippen LogP contribution >= 0.6 is 9.24 Å². The third-order valence-electron chi connectivity index (χ3n) is 7.90. The molecule has 2 saturated carbocycles. The second kappa shape index (κ2) is 10.2. The zero-order valence-electron chi connectivity index (χ0n) is 19.8. The van der Waals surface area contributed by atoms with Gasteiger partial charge in [0.1, 0.15) is 5.76 Å². The van der Waals surface area contributed by atoms with E-state index in [4.69, 9.17) is 9.47 Å². The van der Waals surface area contributed by atoms with E-state index in [1.165, 1.54) is 76.7 Å². The van der Waals surface area contributed by atoms with Gasteiger partial charge in [0.25, 0.3) is 10.1 Å². The first-order valence-electron chi connectivity index (χ1n) is 12.2. The highest BCUT2D eigenvalue weighted by Gasteiger charge is 2.50. The minimum absolute atomic E-state index is 0.0256. The molecule has 7 heteroatoms. The average Bonchev–Trinajstić information content (AvgIpc) is 2.83. The molecule has 0 aromatic heterocycles. The molecule has 182 valence electrons. The van der Waals surface area contributed by atoms with Crippen molar-refractivity contribution < 1.29 is 22.4 Å². The van der Waals surface area contributed by atoms with Gasteiger partial charge in [-0.1, -0.05) is 56.7 Å². The Morgan fingerprint density at radius 3 is 2.12 bits per heavy atom. The van der Waals surface area contributed by atoms with Gasteiger partial charge >= 0.3 is 0 Å². The van der Waals surface area contributed by atoms with Gasteiger partial charge in [-0.25, -0.2) is 0 Å². The lowest BCUT2D eigenvalue weighted by atomic mass is 9.74. The van der Waals surface area contributed by atoms with Crippen LogP contribution in [-0.4, -0.2) is 32.1 Å². The first-order chi connectivity index (χ1) is 15.8. The Kier molecular flexibility index (Phi) is 7.69. The second-order valence-electron chi connectivity index (χ2n) is 9.68. The normalized spacial score (nSPS) is 25.5. The SMILES string of the molecule is COC1=C(c2ccc(C3CCCCC3)c(C3CCCCC3)c2P)C(OC)(S(=O)(=O)O)CC=C1. The summed E-state index contributed by atoms with van der Waals surface area (Å²) < 4.78 is 46.9. The molecule has 1 aromatic carbocycles. The van der Waals surface area contributed by atoms with Crippen molar-refractivity contribution in [3.63, 3.8) is 0 Å². The molecule has 0 radical (unpaired) electrons. The molecule has 33 heavy (non-hydrogen) atoms. The van der Waals surface area contributed by atoms with Gasteiger partial charge in [-0.15, -0.1) is 9.24 Å². The minimum atomic E-state index is -4.58. The van der Waals surface area contributed by atoms with Gasteiger partial charge in [-0.3, -0.25) is 4.55 Å². The summed E-state index contributed by atoms with van der Waals surface area (Å²) >= 11 is 0. The van der Waals surface area contributed by atoms with Gasteiger partial charge in [0, 0.05) is 13.5 Å². The molecule has 2 atom stereocenters. The number of rotatable bonds is 6. The predicted octanol–water partition coefficient (Wildman–Crippen LogP) is 5.83. The molecular formula is C26H37O5PS. The molecule has 3 aliphatic carbocycles. The number of ether oxygens (including phenoxy) is 2. The maximum absolute atomic E-state index is 12.7. The zero-order valence-corrected chi connectivity index (χ0v) is 21.8. The highest BCUT2D eigenvalue weighted by Crippen LogP contribution is 2.46. The molecule has 5 nitrogen and oxygen atoms in total. The molecular weight excluding hydrogens is 455 g/mol. The lowest BCUT2D eigenvalue weighted by Gasteiger charge is -2.37. The first kappa shape index (κ1) is 24.9. The van der Waals surface area contributed by atoms with Crippen LogP contribution in [0.1, 0.15) is 99.2 Å². The van der Waals surface area contributed by atoms with Gasteiger partial charge in [0.2, 0.25) is 4.93 Å². The van der Waals surface area contributed by atoms with Crippen LogP contribution in [0.2, 0.25) is 0 Å². The van der Waals surface area contributed by atoms with Crippen LogP contribution in [0.15, 0.2) is 30.0 Å². The maximum atomic E-state index is 12.7. The predicted molar refractivity (Wildman–Crippen MR) is 136 cm³/mol. The highest BCUT2D eigenvalue weighted by atomic mass is 32.2. The van der Waals surface area contributed by atoms with Crippen molar-refractivity contribution in [2.45, 2.75) is 87.4 Å². The molecule has 2 unspecified atom stereocenters. The molecule has 0 aliphatic heterocycles. The van der Waals surface area contributed by atoms with Crippen molar-refractivity contribution in [1.29, 1.82) is 0 Å². The number of hydrogen-bond acceptors (Lipinski definition) is 4. The molecule has 1 aromatic rings. The Hall–Kier alpha value is -1.20. The quantitative estimate of drug-likeness (QED) is 0.400. The number of allylic oxidation sites excluding steroid dienone is 1. The Morgan fingerprint density at radius 1 is 0.970 bits per heavy atom. The van der Waals surface area contributed by atoms with Gasteiger partial charge in [0.15, 0.2) is 0 Å². The van der Waals surface area contributed by atoms with Crippen LogP contribution in [0.3, 0.4) is 0 Å². The summed E-state index contributed by atoms with van der Waals surface area (Å²) in [5, 5.41) is 1.02. The summed E-state index contributed by atoms with van der Waals surface area (Å²) in [7, 11) is 1.20. The van der Waals surface area contributed by atoms with Crippen molar-refractivity contribution in [1.82, 2.24) is 0 Å². The largest absolute Gasteiger partial charge is 0.496 e.